The predicted octanol–water partition coefficient (Wildman–Crippen LogP) is 1.51. The lowest BCUT2D eigenvalue weighted by Gasteiger charge is -1.90. The van der Waals surface area contributed by atoms with Crippen LogP contribution in [0.3, 0.4) is 0 Å². The SMILES string of the molecule is Cc1n[nH]c(C)c1C=CCC(=O)O. The van der Waals surface area contributed by atoms with Crippen molar-refractivity contribution in [2.75, 3.05) is 0 Å². The standard InChI is InChI=1S/C9H12N2O2/c1-6-8(7(2)11-10-6)4-3-5-9(12)13/h3-4H,5H2,1-2H3,(H,10,11)(H,12,13). The lowest BCUT2D eigenvalue weighted by Crippen LogP contribution is -1.89. The number of nitrogens with one attached hydrogen (secondary N) is 1. The molecule has 0 amide bonds. The normalized spacial score (nSPS) is 10.9. The second kappa shape index (κ2) is 3.89. The molecule has 0 saturated carbocycles. The number of aliphatic carboxylic acids is 1. The topological polar surface area (TPSA) is 66.0 Å². The van der Waals surface area contributed by atoms with Gasteiger partial charge in [0, 0.05) is 11.3 Å². The van der Waals surface area contributed by atoms with Crippen molar-refractivity contribution in [3.63, 3.8) is 0 Å². The maximum atomic E-state index is 10.2. The monoisotopic (exact) mass is 180 g/mol. The Morgan fingerprint density at radius 1 is 1.62 bits per heavy atom. The van der Waals surface area contributed by atoms with Crippen LogP contribution in [0, 0.1) is 13.8 Å². The Labute approximate surface area is 76.3 Å². The molecule has 0 unspecified atom stereocenters. The predicted molar refractivity (Wildman–Crippen MR) is 49.3 cm³/mol. The molecule has 1 aromatic rings. The fourth-order valence-corrected chi connectivity index (χ4v) is 1.08. The minimum absolute atomic E-state index is 0.0457. The van der Waals surface area contributed by atoms with E-state index in [4.69, 9.17) is 5.11 Å². The highest BCUT2D eigenvalue weighted by Crippen LogP contribution is 2.11. The summed E-state index contributed by atoms with van der Waals surface area (Å²) >= 11 is 0. The molecule has 0 spiro atoms. The van der Waals surface area contributed by atoms with Gasteiger partial charge in [-0.2, -0.15) is 5.10 Å². The number of rotatable bonds is 3. The second-order valence-corrected chi connectivity index (χ2v) is 2.85. The highest BCUT2D eigenvalue weighted by atomic mass is 16.4. The molecule has 1 aromatic heterocycles. The first kappa shape index (κ1) is 9.51. The van der Waals surface area contributed by atoms with Crippen molar-refractivity contribution >= 4 is 12.0 Å². The lowest BCUT2D eigenvalue weighted by molar-refractivity contribution is -0.135. The molecule has 0 aliphatic carbocycles. The van der Waals surface area contributed by atoms with Crippen molar-refractivity contribution in [3.8, 4) is 0 Å². The quantitative estimate of drug-likeness (QED) is 0.741. The average Bonchev–Trinajstić information content (AvgIpc) is 2.34. The van der Waals surface area contributed by atoms with Crippen LogP contribution in [0.5, 0.6) is 0 Å². The van der Waals surface area contributed by atoms with E-state index >= 15 is 0 Å². The molecule has 0 saturated heterocycles. The summed E-state index contributed by atoms with van der Waals surface area (Å²) in [5.74, 6) is -0.824. The smallest absolute Gasteiger partial charge is 0.307 e. The molecule has 1 rings (SSSR count). The lowest BCUT2D eigenvalue weighted by atomic mass is 10.2. The molecule has 13 heavy (non-hydrogen) atoms. The number of H-pyrrole nitrogens is 1. The summed E-state index contributed by atoms with van der Waals surface area (Å²) in [4.78, 5) is 10.2. The largest absolute Gasteiger partial charge is 0.481 e. The first-order valence-electron chi connectivity index (χ1n) is 4.01. The van der Waals surface area contributed by atoms with Gasteiger partial charge >= 0.3 is 5.97 Å². The van der Waals surface area contributed by atoms with Gasteiger partial charge in [-0.3, -0.25) is 9.89 Å². The van der Waals surface area contributed by atoms with Crippen LogP contribution in [0.25, 0.3) is 6.08 Å². The van der Waals surface area contributed by atoms with E-state index in [1.54, 1.807) is 12.2 Å². The Kier molecular flexibility index (Phi) is 2.84. The second-order valence-electron chi connectivity index (χ2n) is 2.85. The van der Waals surface area contributed by atoms with Crippen LogP contribution in [-0.4, -0.2) is 21.3 Å². The number of carboxylic acid groups (broad SMARTS) is 1. The summed E-state index contributed by atoms with van der Waals surface area (Å²) in [7, 11) is 0. The summed E-state index contributed by atoms with van der Waals surface area (Å²) in [6, 6.07) is 0. The van der Waals surface area contributed by atoms with Crippen molar-refractivity contribution in [2.45, 2.75) is 20.3 Å². The van der Waals surface area contributed by atoms with E-state index < -0.39 is 5.97 Å². The van der Waals surface area contributed by atoms with Crippen molar-refractivity contribution in [1.29, 1.82) is 0 Å². The van der Waals surface area contributed by atoms with Gasteiger partial charge in [0.25, 0.3) is 0 Å². The van der Waals surface area contributed by atoms with Gasteiger partial charge < -0.3 is 5.11 Å². The van der Waals surface area contributed by atoms with E-state index in [-0.39, 0.29) is 6.42 Å². The van der Waals surface area contributed by atoms with Gasteiger partial charge in [-0.05, 0) is 13.8 Å². The van der Waals surface area contributed by atoms with Gasteiger partial charge in [-0.15, -0.1) is 0 Å². The van der Waals surface area contributed by atoms with Gasteiger partial charge in [0.05, 0.1) is 12.1 Å². The van der Waals surface area contributed by atoms with Gasteiger partial charge in [-0.25, -0.2) is 0 Å². The number of nitrogens with zero attached hydrogens (tertiary/aromatic N) is 1. The van der Waals surface area contributed by atoms with Crippen molar-refractivity contribution < 1.29 is 9.90 Å². The van der Waals surface area contributed by atoms with E-state index in [1.165, 1.54) is 0 Å². The minimum Gasteiger partial charge on any atom is -0.481 e. The van der Waals surface area contributed by atoms with Crippen LogP contribution in [0.1, 0.15) is 23.4 Å². The fourth-order valence-electron chi connectivity index (χ4n) is 1.08. The van der Waals surface area contributed by atoms with Crippen molar-refractivity contribution in [2.24, 2.45) is 0 Å². The first-order chi connectivity index (χ1) is 6.11. The molecule has 4 nitrogen and oxygen atoms in total. The summed E-state index contributed by atoms with van der Waals surface area (Å²) < 4.78 is 0. The third-order valence-electron chi connectivity index (χ3n) is 1.76. The number of carbonyl (C=O) groups is 1. The zero-order chi connectivity index (χ0) is 9.84. The van der Waals surface area contributed by atoms with E-state index in [1.807, 2.05) is 13.8 Å². The molecule has 0 radical (unpaired) electrons. The van der Waals surface area contributed by atoms with E-state index in [0.717, 1.165) is 17.0 Å². The molecule has 2 N–H and O–H groups in total. The Morgan fingerprint density at radius 3 is 2.77 bits per heavy atom. The summed E-state index contributed by atoms with van der Waals surface area (Å²) in [6.07, 6.45) is 3.44. The van der Waals surface area contributed by atoms with Crippen LogP contribution in [-0.2, 0) is 4.79 Å². The van der Waals surface area contributed by atoms with Crippen LogP contribution >= 0.6 is 0 Å². The Hall–Kier alpha value is -1.58. The number of hydrogen-bond acceptors (Lipinski definition) is 2. The maximum Gasteiger partial charge on any atom is 0.307 e. The third kappa shape index (κ3) is 2.43. The molecule has 0 aromatic carbocycles. The Balaban J connectivity index is 2.73. The molecule has 4 heteroatoms. The van der Waals surface area contributed by atoms with E-state index in [2.05, 4.69) is 10.2 Å². The highest BCUT2D eigenvalue weighted by molar-refractivity contribution is 5.70. The molecule has 1 heterocycles. The highest BCUT2D eigenvalue weighted by Gasteiger charge is 2.01. The summed E-state index contributed by atoms with van der Waals surface area (Å²) in [5, 5.41) is 15.2. The zero-order valence-electron chi connectivity index (χ0n) is 7.66. The average molecular weight is 180 g/mol. The molecule has 0 aliphatic heterocycles. The third-order valence-corrected chi connectivity index (χ3v) is 1.76. The van der Waals surface area contributed by atoms with E-state index in [0.29, 0.717) is 0 Å². The molecule has 0 bridgehead atoms. The van der Waals surface area contributed by atoms with Gasteiger partial charge in [0.1, 0.15) is 0 Å². The Bertz CT molecular complexity index is 320. The summed E-state index contributed by atoms with van der Waals surface area (Å²) in [6.45, 7) is 3.78. The van der Waals surface area contributed by atoms with Gasteiger partial charge in [0.15, 0.2) is 0 Å². The Morgan fingerprint density at radius 2 is 2.31 bits per heavy atom. The van der Waals surface area contributed by atoms with Crippen LogP contribution in [0.2, 0.25) is 0 Å². The first-order valence-corrected chi connectivity index (χ1v) is 4.01. The number of carboxylic acids is 1. The minimum atomic E-state index is -0.824. The van der Waals surface area contributed by atoms with Crippen molar-refractivity contribution in [3.05, 3.63) is 23.0 Å². The molecule has 0 aliphatic rings. The molecule has 0 fully saturated rings. The maximum absolute atomic E-state index is 10.2. The number of hydrogen-bond donors (Lipinski definition) is 2. The van der Waals surface area contributed by atoms with Crippen molar-refractivity contribution in [1.82, 2.24) is 10.2 Å². The molecule has 70 valence electrons. The van der Waals surface area contributed by atoms with E-state index in [9.17, 15) is 4.79 Å². The van der Waals surface area contributed by atoms with Crippen LogP contribution in [0.15, 0.2) is 6.08 Å². The zero-order valence-corrected chi connectivity index (χ0v) is 7.66. The van der Waals surface area contributed by atoms with Gasteiger partial charge in [0.2, 0.25) is 0 Å². The molecule has 0 atom stereocenters. The molecular formula is C9H12N2O2. The number of aromatic amines is 1. The number of aryl methyl sites for hydroxylation is 2. The molecular weight excluding hydrogens is 168 g/mol. The number of aromatic nitrogens is 2. The van der Waals surface area contributed by atoms with Crippen LogP contribution < -0.4 is 0 Å². The fraction of sp³-hybridized carbons (Fsp3) is 0.333. The van der Waals surface area contributed by atoms with Crippen LogP contribution in [0.4, 0.5) is 0 Å². The van der Waals surface area contributed by atoms with Gasteiger partial charge in [-0.1, -0.05) is 12.2 Å². The summed E-state index contributed by atoms with van der Waals surface area (Å²) in [5.41, 5.74) is 2.82.